The lowest BCUT2D eigenvalue weighted by Crippen LogP contribution is -2.02. The highest BCUT2D eigenvalue weighted by Crippen LogP contribution is 2.32. The molecule has 0 spiro atoms. The molecular weight excluding hydrogens is 372 g/mol. The summed E-state index contributed by atoms with van der Waals surface area (Å²) in [5, 5.41) is 9.79. The molecule has 0 saturated heterocycles. The van der Waals surface area contributed by atoms with Gasteiger partial charge in [-0.15, -0.1) is 0 Å². The molecule has 2 aromatic carbocycles. The number of aromatic hydroxyl groups is 1. The van der Waals surface area contributed by atoms with Crippen molar-refractivity contribution in [2.24, 2.45) is 0 Å². The topological polar surface area (TPSA) is 55.8 Å². The second-order valence-corrected chi connectivity index (χ2v) is 6.31. The third kappa shape index (κ3) is 3.46. The molecule has 0 aromatic heterocycles. The SMILES string of the molecule is CCOc1cc(C=C2CCOc3cc(Br)ccc3C2=O)ccc1O. The molecule has 1 N–H and O–H groups in total. The molecule has 1 aliphatic heterocycles. The largest absolute Gasteiger partial charge is 0.504 e. The van der Waals surface area contributed by atoms with Crippen LogP contribution in [0.5, 0.6) is 17.2 Å². The van der Waals surface area contributed by atoms with Crippen LogP contribution in [0.25, 0.3) is 6.08 Å². The minimum Gasteiger partial charge on any atom is -0.504 e. The zero-order chi connectivity index (χ0) is 17.1. The van der Waals surface area contributed by atoms with Crippen LogP contribution >= 0.6 is 15.9 Å². The Morgan fingerprint density at radius 2 is 2.12 bits per heavy atom. The lowest BCUT2D eigenvalue weighted by atomic mass is 9.99. The number of hydrogen-bond donors (Lipinski definition) is 1. The maximum Gasteiger partial charge on any atom is 0.192 e. The predicted octanol–water partition coefficient (Wildman–Crippen LogP) is 4.60. The number of rotatable bonds is 3. The zero-order valence-electron chi connectivity index (χ0n) is 13.2. The van der Waals surface area contributed by atoms with E-state index in [1.165, 1.54) is 0 Å². The number of Topliss-reactive ketones (excluding diaryl/α,β-unsaturated/α-hetero) is 1. The third-order valence-electron chi connectivity index (χ3n) is 3.73. The van der Waals surface area contributed by atoms with Gasteiger partial charge in [0.2, 0.25) is 0 Å². The molecule has 0 aliphatic carbocycles. The van der Waals surface area contributed by atoms with E-state index in [4.69, 9.17) is 9.47 Å². The highest BCUT2D eigenvalue weighted by Gasteiger charge is 2.21. The van der Waals surface area contributed by atoms with E-state index >= 15 is 0 Å². The van der Waals surface area contributed by atoms with Gasteiger partial charge >= 0.3 is 0 Å². The normalized spacial score (nSPS) is 15.6. The van der Waals surface area contributed by atoms with Gasteiger partial charge in [-0.2, -0.15) is 0 Å². The van der Waals surface area contributed by atoms with Crippen LogP contribution in [-0.4, -0.2) is 24.1 Å². The molecule has 0 radical (unpaired) electrons. The van der Waals surface area contributed by atoms with Gasteiger partial charge in [-0.05, 0) is 48.9 Å². The van der Waals surface area contributed by atoms with E-state index in [2.05, 4.69) is 15.9 Å². The van der Waals surface area contributed by atoms with Crippen molar-refractivity contribution in [2.45, 2.75) is 13.3 Å². The van der Waals surface area contributed by atoms with E-state index in [9.17, 15) is 9.90 Å². The fourth-order valence-electron chi connectivity index (χ4n) is 2.59. The van der Waals surface area contributed by atoms with Crippen molar-refractivity contribution < 1.29 is 19.4 Å². The Morgan fingerprint density at radius 1 is 1.29 bits per heavy atom. The molecular formula is C19H17BrO4. The smallest absolute Gasteiger partial charge is 0.192 e. The van der Waals surface area contributed by atoms with Crippen molar-refractivity contribution in [3.05, 3.63) is 57.6 Å². The summed E-state index contributed by atoms with van der Waals surface area (Å²) in [5.74, 6) is 1.05. The molecule has 0 fully saturated rings. The number of ether oxygens (including phenoxy) is 2. The molecule has 0 bridgehead atoms. The predicted molar refractivity (Wildman–Crippen MR) is 95.8 cm³/mol. The molecule has 5 heteroatoms. The van der Waals surface area contributed by atoms with Gasteiger partial charge in [0.15, 0.2) is 17.3 Å². The maximum atomic E-state index is 12.8. The van der Waals surface area contributed by atoms with Crippen molar-refractivity contribution >= 4 is 27.8 Å². The molecule has 0 saturated carbocycles. The molecule has 0 amide bonds. The first-order chi connectivity index (χ1) is 11.6. The van der Waals surface area contributed by atoms with Gasteiger partial charge in [0, 0.05) is 16.5 Å². The summed E-state index contributed by atoms with van der Waals surface area (Å²) < 4.78 is 12.0. The lowest BCUT2D eigenvalue weighted by molar-refractivity contribution is 0.103. The van der Waals surface area contributed by atoms with Crippen LogP contribution in [-0.2, 0) is 0 Å². The summed E-state index contributed by atoms with van der Waals surface area (Å²) in [4.78, 5) is 12.8. The van der Waals surface area contributed by atoms with Crippen LogP contribution in [0.15, 0.2) is 46.4 Å². The summed E-state index contributed by atoms with van der Waals surface area (Å²) in [6.07, 6.45) is 2.35. The van der Waals surface area contributed by atoms with Crippen LogP contribution in [0.2, 0.25) is 0 Å². The van der Waals surface area contributed by atoms with Crippen LogP contribution in [0.4, 0.5) is 0 Å². The maximum absolute atomic E-state index is 12.8. The molecule has 3 rings (SSSR count). The standard InChI is InChI=1S/C19H17BrO4/c1-2-23-18-10-12(3-6-16(18)21)9-13-7-8-24-17-11-14(20)4-5-15(17)19(13)22/h3-6,9-11,21H,2,7-8H2,1H3. The molecule has 1 aliphatic rings. The molecule has 0 unspecified atom stereocenters. The number of fused-ring (bicyclic) bond motifs is 1. The van der Waals surface area contributed by atoms with Crippen molar-refractivity contribution in [3.63, 3.8) is 0 Å². The lowest BCUT2D eigenvalue weighted by Gasteiger charge is -2.08. The van der Waals surface area contributed by atoms with Crippen LogP contribution in [0.3, 0.4) is 0 Å². The van der Waals surface area contributed by atoms with E-state index in [1.807, 2.05) is 25.1 Å². The van der Waals surface area contributed by atoms with E-state index in [-0.39, 0.29) is 11.5 Å². The van der Waals surface area contributed by atoms with Crippen LogP contribution in [0.1, 0.15) is 29.3 Å². The van der Waals surface area contributed by atoms with Crippen molar-refractivity contribution in [2.75, 3.05) is 13.2 Å². The van der Waals surface area contributed by atoms with Gasteiger partial charge in [-0.25, -0.2) is 0 Å². The number of halogens is 1. The summed E-state index contributed by atoms with van der Waals surface area (Å²) in [5.41, 5.74) is 2.04. The van der Waals surface area contributed by atoms with E-state index in [0.29, 0.717) is 42.3 Å². The zero-order valence-corrected chi connectivity index (χ0v) is 14.8. The highest BCUT2D eigenvalue weighted by atomic mass is 79.9. The van der Waals surface area contributed by atoms with Gasteiger partial charge in [0.25, 0.3) is 0 Å². The first-order valence-corrected chi connectivity index (χ1v) is 8.51. The molecule has 2 aromatic rings. The van der Waals surface area contributed by atoms with Gasteiger partial charge in [0.1, 0.15) is 5.75 Å². The minimum absolute atomic E-state index is 0.0407. The number of benzene rings is 2. The van der Waals surface area contributed by atoms with E-state index in [1.54, 1.807) is 24.3 Å². The number of carbonyl (C=O) groups is 1. The van der Waals surface area contributed by atoms with Crippen LogP contribution < -0.4 is 9.47 Å². The minimum atomic E-state index is -0.0407. The third-order valence-corrected chi connectivity index (χ3v) is 4.23. The number of ketones is 1. The Kier molecular flexibility index (Phi) is 4.90. The second kappa shape index (κ2) is 7.09. The van der Waals surface area contributed by atoms with Crippen molar-refractivity contribution in [1.82, 2.24) is 0 Å². The van der Waals surface area contributed by atoms with Crippen LogP contribution in [0, 0.1) is 0 Å². The Hall–Kier alpha value is -2.27. The quantitative estimate of drug-likeness (QED) is 0.780. The number of carbonyl (C=O) groups excluding carboxylic acids is 1. The summed E-state index contributed by atoms with van der Waals surface area (Å²) >= 11 is 3.39. The van der Waals surface area contributed by atoms with Gasteiger partial charge in [0.05, 0.1) is 18.8 Å². The Balaban J connectivity index is 1.97. The summed E-state index contributed by atoms with van der Waals surface area (Å²) in [7, 11) is 0. The number of hydrogen-bond acceptors (Lipinski definition) is 4. The Labute approximate surface area is 148 Å². The Morgan fingerprint density at radius 3 is 2.92 bits per heavy atom. The molecule has 1 heterocycles. The Bertz CT molecular complexity index is 811. The van der Waals surface area contributed by atoms with Crippen molar-refractivity contribution in [3.8, 4) is 17.2 Å². The summed E-state index contributed by atoms with van der Waals surface area (Å²) in [6, 6.07) is 10.5. The molecule has 124 valence electrons. The average Bonchev–Trinajstić information content (AvgIpc) is 2.70. The molecule has 4 nitrogen and oxygen atoms in total. The first kappa shape index (κ1) is 16.6. The number of phenolic OH excluding ortho intramolecular Hbond substituents is 1. The average molecular weight is 389 g/mol. The molecule has 24 heavy (non-hydrogen) atoms. The fraction of sp³-hybridized carbons (Fsp3) is 0.211. The van der Waals surface area contributed by atoms with Gasteiger partial charge < -0.3 is 14.6 Å². The van der Waals surface area contributed by atoms with Gasteiger partial charge in [-0.1, -0.05) is 22.0 Å². The van der Waals surface area contributed by atoms with E-state index < -0.39 is 0 Å². The monoisotopic (exact) mass is 388 g/mol. The van der Waals surface area contributed by atoms with Gasteiger partial charge in [-0.3, -0.25) is 4.79 Å². The molecule has 0 atom stereocenters. The van der Waals surface area contributed by atoms with Crippen molar-refractivity contribution in [1.29, 1.82) is 0 Å². The highest BCUT2D eigenvalue weighted by molar-refractivity contribution is 9.10. The summed E-state index contributed by atoms with van der Waals surface area (Å²) in [6.45, 7) is 2.76. The fourth-order valence-corrected chi connectivity index (χ4v) is 2.93. The van der Waals surface area contributed by atoms with E-state index in [0.717, 1.165) is 10.0 Å². The number of phenols is 1. The first-order valence-electron chi connectivity index (χ1n) is 7.72. The second-order valence-electron chi connectivity index (χ2n) is 5.40.